The first-order valence-corrected chi connectivity index (χ1v) is 6.23. The second kappa shape index (κ2) is 5.45. The Morgan fingerprint density at radius 2 is 1.81 bits per heavy atom. The number of aliphatic hydroxyl groups is 1. The summed E-state index contributed by atoms with van der Waals surface area (Å²) < 4.78 is 17.1. The molecule has 2 aliphatic heterocycles. The van der Waals surface area contributed by atoms with Gasteiger partial charge in [0.25, 0.3) is 0 Å². The SMILES string of the molecule is COCC1CCCC2(CCCC(CO)O2)O1. The van der Waals surface area contributed by atoms with Crippen molar-refractivity contribution in [1.29, 1.82) is 0 Å². The molecule has 4 nitrogen and oxygen atoms in total. The number of ether oxygens (including phenoxy) is 3. The fourth-order valence-electron chi connectivity index (χ4n) is 2.74. The molecular weight excluding hydrogens is 208 g/mol. The van der Waals surface area contributed by atoms with Gasteiger partial charge in [0.05, 0.1) is 25.4 Å². The van der Waals surface area contributed by atoms with Gasteiger partial charge in [-0.3, -0.25) is 0 Å². The summed E-state index contributed by atoms with van der Waals surface area (Å²) in [7, 11) is 1.70. The van der Waals surface area contributed by atoms with Crippen molar-refractivity contribution in [2.45, 2.75) is 56.5 Å². The molecule has 2 saturated heterocycles. The first-order chi connectivity index (χ1) is 7.78. The second-order valence-corrected chi connectivity index (χ2v) is 4.81. The first kappa shape index (κ1) is 12.3. The van der Waals surface area contributed by atoms with E-state index in [2.05, 4.69) is 0 Å². The Balaban J connectivity index is 1.94. The molecule has 0 radical (unpaired) electrons. The summed E-state index contributed by atoms with van der Waals surface area (Å²) in [5.74, 6) is -0.437. The summed E-state index contributed by atoms with van der Waals surface area (Å²) in [6.07, 6.45) is 6.18. The Morgan fingerprint density at radius 1 is 1.19 bits per heavy atom. The van der Waals surface area contributed by atoms with Gasteiger partial charge in [0.15, 0.2) is 5.79 Å². The fraction of sp³-hybridized carbons (Fsp3) is 1.00. The molecule has 0 bridgehead atoms. The molecule has 2 aliphatic rings. The molecule has 0 aliphatic carbocycles. The molecule has 2 fully saturated rings. The highest BCUT2D eigenvalue weighted by molar-refractivity contribution is 4.83. The molecule has 0 aromatic heterocycles. The van der Waals surface area contributed by atoms with E-state index < -0.39 is 5.79 Å². The van der Waals surface area contributed by atoms with Crippen LogP contribution in [0.15, 0.2) is 0 Å². The maximum absolute atomic E-state index is 9.17. The van der Waals surface area contributed by atoms with Crippen LogP contribution in [0.4, 0.5) is 0 Å². The van der Waals surface area contributed by atoms with E-state index in [0.717, 1.165) is 38.5 Å². The van der Waals surface area contributed by atoms with Gasteiger partial charge in [-0.1, -0.05) is 0 Å². The number of rotatable bonds is 3. The van der Waals surface area contributed by atoms with Gasteiger partial charge in [0.1, 0.15) is 0 Å². The van der Waals surface area contributed by atoms with Crippen LogP contribution < -0.4 is 0 Å². The fourth-order valence-corrected chi connectivity index (χ4v) is 2.74. The zero-order valence-electron chi connectivity index (χ0n) is 9.98. The van der Waals surface area contributed by atoms with Gasteiger partial charge < -0.3 is 19.3 Å². The van der Waals surface area contributed by atoms with Crippen molar-refractivity contribution in [3.8, 4) is 0 Å². The second-order valence-electron chi connectivity index (χ2n) is 4.81. The lowest BCUT2D eigenvalue weighted by Crippen LogP contribution is -2.49. The number of aliphatic hydroxyl groups excluding tert-OH is 1. The topological polar surface area (TPSA) is 47.9 Å². The average molecular weight is 230 g/mol. The molecule has 0 aromatic carbocycles. The van der Waals surface area contributed by atoms with Crippen LogP contribution in [-0.2, 0) is 14.2 Å². The Hall–Kier alpha value is -0.160. The van der Waals surface area contributed by atoms with E-state index in [9.17, 15) is 0 Å². The molecule has 0 saturated carbocycles. The molecule has 4 heteroatoms. The number of hydrogen-bond acceptors (Lipinski definition) is 4. The minimum Gasteiger partial charge on any atom is -0.394 e. The summed E-state index contributed by atoms with van der Waals surface area (Å²) in [5.41, 5.74) is 0. The Labute approximate surface area is 96.9 Å². The van der Waals surface area contributed by atoms with E-state index in [4.69, 9.17) is 19.3 Å². The van der Waals surface area contributed by atoms with Gasteiger partial charge in [-0.2, -0.15) is 0 Å². The molecule has 3 unspecified atom stereocenters. The van der Waals surface area contributed by atoms with Gasteiger partial charge >= 0.3 is 0 Å². The Morgan fingerprint density at radius 3 is 2.44 bits per heavy atom. The lowest BCUT2D eigenvalue weighted by atomic mass is 9.93. The van der Waals surface area contributed by atoms with Crippen molar-refractivity contribution >= 4 is 0 Å². The lowest BCUT2D eigenvalue weighted by molar-refractivity contribution is -0.321. The molecule has 0 aromatic rings. The lowest BCUT2D eigenvalue weighted by Gasteiger charge is -2.45. The first-order valence-electron chi connectivity index (χ1n) is 6.23. The maximum Gasteiger partial charge on any atom is 0.169 e. The number of methoxy groups -OCH3 is 1. The van der Waals surface area contributed by atoms with Gasteiger partial charge in [-0.25, -0.2) is 0 Å². The molecule has 0 amide bonds. The van der Waals surface area contributed by atoms with Gasteiger partial charge in [-0.15, -0.1) is 0 Å². The monoisotopic (exact) mass is 230 g/mol. The van der Waals surface area contributed by atoms with Crippen LogP contribution in [-0.4, -0.2) is 43.4 Å². The summed E-state index contributed by atoms with van der Waals surface area (Å²) >= 11 is 0. The summed E-state index contributed by atoms with van der Waals surface area (Å²) in [6.45, 7) is 0.731. The van der Waals surface area contributed by atoms with Crippen LogP contribution in [0.25, 0.3) is 0 Å². The van der Waals surface area contributed by atoms with Crippen molar-refractivity contribution in [1.82, 2.24) is 0 Å². The average Bonchev–Trinajstić information content (AvgIpc) is 2.29. The molecule has 2 rings (SSSR count). The highest BCUT2D eigenvalue weighted by Gasteiger charge is 2.42. The predicted octanol–water partition coefficient (Wildman–Crippen LogP) is 1.46. The number of hydrogen-bond donors (Lipinski definition) is 1. The molecule has 16 heavy (non-hydrogen) atoms. The van der Waals surface area contributed by atoms with Gasteiger partial charge in [0, 0.05) is 20.0 Å². The smallest absolute Gasteiger partial charge is 0.169 e. The molecule has 2 heterocycles. The van der Waals surface area contributed by atoms with Crippen molar-refractivity contribution < 1.29 is 19.3 Å². The third-order valence-electron chi connectivity index (χ3n) is 3.49. The van der Waals surface area contributed by atoms with E-state index in [1.807, 2.05) is 0 Å². The van der Waals surface area contributed by atoms with E-state index >= 15 is 0 Å². The molecule has 1 spiro atoms. The summed E-state index contributed by atoms with van der Waals surface area (Å²) in [5, 5.41) is 9.17. The Kier molecular flexibility index (Phi) is 4.19. The predicted molar refractivity (Wildman–Crippen MR) is 59.1 cm³/mol. The minimum atomic E-state index is -0.437. The van der Waals surface area contributed by atoms with Crippen LogP contribution in [0.2, 0.25) is 0 Å². The van der Waals surface area contributed by atoms with Gasteiger partial charge in [0.2, 0.25) is 0 Å². The highest BCUT2D eigenvalue weighted by atomic mass is 16.7. The van der Waals surface area contributed by atoms with E-state index in [-0.39, 0.29) is 18.8 Å². The van der Waals surface area contributed by atoms with Crippen LogP contribution >= 0.6 is 0 Å². The molecule has 3 atom stereocenters. The van der Waals surface area contributed by atoms with Crippen molar-refractivity contribution in [3.05, 3.63) is 0 Å². The van der Waals surface area contributed by atoms with Crippen molar-refractivity contribution in [2.24, 2.45) is 0 Å². The molecular formula is C12H22O4. The van der Waals surface area contributed by atoms with Crippen molar-refractivity contribution in [2.75, 3.05) is 20.3 Å². The zero-order chi connectivity index (χ0) is 11.4. The summed E-state index contributed by atoms with van der Waals surface area (Å²) in [6, 6.07) is 0. The zero-order valence-corrected chi connectivity index (χ0v) is 9.98. The standard InChI is InChI=1S/C12H22O4/c1-14-9-11-5-3-7-12(16-11)6-2-4-10(8-13)15-12/h10-11,13H,2-9H2,1H3. The van der Waals surface area contributed by atoms with Crippen LogP contribution in [0.3, 0.4) is 0 Å². The third-order valence-corrected chi connectivity index (χ3v) is 3.49. The Bertz CT molecular complexity index is 215. The highest BCUT2D eigenvalue weighted by Crippen LogP contribution is 2.38. The van der Waals surface area contributed by atoms with Crippen LogP contribution in [0.1, 0.15) is 38.5 Å². The van der Waals surface area contributed by atoms with Crippen LogP contribution in [0.5, 0.6) is 0 Å². The largest absolute Gasteiger partial charge is 0.394 e. The maximum atomic E-state index is 9.17. The minimum absolute atomic E-state index is 0.0463. The van der Waals surface area contributed by atoms with Gasteiger partial charge in [-0.05, 0) is 25.7 Å². The molecule has 94 valence electrons. The normalized spacial score (nSPS) is 40.1. The van der Waals surface area contributed by atoms with Crippen LogP contribution in [0, 0.1) is 0 Å². The van der Waals surface area contributed by atoms with Crippen molar-refractivity contribution in [3.63, 3.8) is 0 Å². The van der Waals surface area contributed by atoms with E-state index in [0.29, 0.717) is 6.61 Å². The molecule has 1 N–H and O–H groups in total. The quantitative estimate of drug-likeness (QED) is 0.797. The third kappa shape index (κ3) is 2.74. The van der Waals surface area contributed by atoms with E-state index in [1.54, 1.807) is 7.11 Å². The summed E-state index contributed by atoms with van der Waals surface area (Å²) in [4.78, 5) is 0. The van der Waals surface area contributed by atoms with E-state index in [1.165, 1.54) is 0 Å².